The lowest BCUT2D eigenvalue weighted by atomic mass is 10.2. The van der Waals surface area contributed by atoms with E-state index in [0.717, 1.165) is 5.56 Å². The van der Waals surface area contributed by atoms with Crippen molar-refractivity contribution in [2.45, 2.75) is 19.5 Å². The molecule has 0 fully saturated rings. The number of hydrogen-bond acceptors (Lipinski definition) is 4. The van der Waals surface area contributed by atoms with Gasteiger partial charge in [-0.15, -0.1) is 0 Å². The minimum atomic E-state index is -1.09. The Labute approximate surface area is 154 Å². The van der Waals surface area contributed by atoms with Crippen LogP contribution in [0, 0.1) is 0 Å². The van der Waals surface area contributed by atoms with Crippen LogP contribution in [0.3, 0.4) is 0 Å². The Morgan fingerprint density at radius 2 is 1.92 bits per heavy atom. The number of carbonyl (C=O) groups excluding carboxylic acids is 1. The largest absolute Gasteiger partial charge is 0.478 e. The molecule has 2 heterocycles. The minimum absolute atomic E-state index is 0.0282. The summed E-state index contributed by atoms with van der Waals surface area (Å²) in [5.41, 5.74) is 1.60. The fourth-order valence-corrected chi connectivity index (χ4v) is 2.44. The van der Waals surface area contributed by atoms with E-state index in [0.29, 0.717) is 17.3 Å². The van der Waals surface area contributed by atoms with Gasteiger partial charge < -0.3 is 10.4 Å². The number of amides is 1. The molecule has 134 valence electrons. The van der Waals surface area contributed by atoms with Crippen LogP contribution in [0.1, 0.15) is 28.9 Å². The SMILES string of the molecule is CC(C(=O)Nc1cnn(Cc2ccc(Cl)cc2)c1)n1cc(C(=O)O)cn1. The smallest absolute Gasteiger partial charge is 0.338 e. The van der Waals surface area contributed by atoms with Crippen molar-refractivity contribution in [2.75, 3.05) is 5.32 Å². The zero-order valence-corrected chi connectivity index (χ0v) is 14.6. The molecule has 0 saturated carbocycles. The van der Waals surface area contributed by atoms with Gasteiger partial charge in [-0.25, -0.2) is 4.79 Å². The van der Waals surface area contributed by atoms with Gasteiger partial charge in [0.2, 0.25) is 5.91 Å². The van der Waals surface area contributed by atoms with Gasteiger partial charge in [-0.05, 0) is 24.6 Å². The van der Waals surface area contributed by atoms with E-state index in [1.54, 1.807) is 36.1 Å². The number of halogens is 1. The molecule has 3 rings (SSSR count). The van der Waals surface area contributed by atoms with Crippen LogP contribution in [0.15, 0.2) is 49.1 Å². The van der Waals surface area contributed by atoms with Gasteiger partial charge in [0.1, 0.15) is 6.04 Å². The maximum atomic E-state index is 12.3. The molecule has 1 amide bonds. The van der Waals surface area contributed by atoms with Crippen LogP contribution in [0.2, 0.25) is 5.02 Å². The quantitative estimate of drug-likeness (QED) is 0.691. The summed E-state index contributed by atoms with van der Waals surface area (Å²) in [5, 5.41) is 20.5. The number of aromatic carboxylic acids is 1. The molecule has 1 atom stereocenters. The van der Waals surface area contributed by atoms with Crippen molar-refractivity contribution in [1.29, 1.82) is 0 Å². The lowest BCUT2D eigenvalue weighted by molar-refractivity contribution is -0.119. The van der Waals surface area contributed by atoms with E-state index in [1.807, 2.05) is 12.1 Å². The van der Waals surface area contributed by atoms with Gasteiger partial charge in [0.05, 0.1) is 30.2 Å². The molecule has 0 radical (unpaired) electrons. The number of nitrogens with zero attached hydrogens (tertiary/aromatic N) is 4. The normalized spacial score (nSPS) is 11.9. The Bertz CT molecular complexity index is 932. The average molecular weight is 374 g/mol. The maximum Gasteiger partial charge on any atom is 0.338 e. The van der Waals surface area contributed by atoms with Crippen LogP contribution in [-0.2, 0) is 11.3 Å². The fraction of sp³-hybridized carbons (Fsp3) is 0.176. The molecule has 1 aromatic carbocycles. The summed E-state index contributed by atoms with van der Waals surface area (Å²) < 4.78 is 3.00. The van der Waals surface area contributed by atoms with E-state index in [4.69, 9.17) is 16.7 Å². The number of hydrogen-bond donors (Lipinski definition) is 2. The number of anilines is 1. The van der Waals surface area contributed by atoms with Crippen molar-refractivity contribution in [1.82, 2.24) is 19.6 Å². The highest BCUT2D eigenvalue weighted by atomic mass is 35.5. The highest BCUT2D eigenvalue weighted by Gasteiger charge is 2.18. The zero-order chi connectivity index (χ0) is 18.7. The van der Waals surface area contributed by atoms with Crippen molar-refractivity contribution < 1.29 is 14.7 Å². The second-order valence-corrected chi connectivity index (χ2v) is 6.17. The van der Waals surface area contributed by atoms with E-state index in [2.05, 4.69) is 15.5 Å². The first-order valence-corrected chi connectivity index (χ1v) is 8.15. The summed E-state index contributed by atoms with van der Waals surface area (Å²) in [6, 6.07) is 6.76. The van der Waals surface area contributed by atoms with Crippen molar-refractivity contribution in [3.63, 3.8) is 0 Å². The van der Waals surface area contributed by atoms with Crippen molar-refractivity contribution in [3.05, 3.63) is 65.2 Å². The fourth-order valence-electron chi connectivity index (χ4n) is 2.32. The van der Waals surface area contributed by atoms with Crippen LogP contribution in [-0.4, -0.2) is 36.5 Å². The Morgan fingerprint density at radius 3 is 2.58 bits per heavy atom. The Morgan fingerprint density at radius 1 is 1.19 bits per heavy atom. The summed E-state index contributed by atoms with van der Waals surface area (Å²) >= 11 is 5.87. The molecule has 1 unspecified atom stereocenters. The molecule has 9 heteroatoms. The third-order valence-corrected chi connectivity index (χ3v) is 4.04. The summed E-state index contributed by atoms with van der Waals surface area (Å²) in [6.07, 6.45) is 5.78. The minimum Gasteiger partial charge on any atom is -0.478 e. The molecule has 26 heavy (non-hydrogen) atoms. The van der Waals surface area contributed by atoms with Crippen LogP contribution < -0.4 is 5.32 Å². The molecule has 3 aromatic rings. The van der Waals surface area contributed by atoms with Gasteiger partial charge >= 0.3 is 5.97 Å². The molecule has 0 aliphatic rings. The van der Waals surface area contributed by atoms with Crippen molar-refractivity contribution >= 4 is 29.2 Å². The number of rotatable bonds is 6. The highest BCUT2D eigenvalue weighted by Crippen LogP contribution is 2.14. The van der Waals surface area contributed by atoms with Gasteiger partial charge in [0.25, 0.3) is 0 Å². The number of benzene rings is 1. The molecule has 2 N–H and O–H groups in total. The number of carboxylic acids is 1. The first-order valence-electron chi connectivity index (χ1n) is 7.77. The Balaban J connectivity index is 1.63. The van der Waals surface area contributed by atoms with Crippen LogP contribution in [0.25, 0.3) is 0 Å². The average Bonchev–Trinajstić information content (AvgIpc) is 3.26. The predicted octanol–water partition coefficient (Wildman–Crippen LogP) is 2.68. The van der Waals surface area contributed by atoms with E-state index in [1.165, 1.54) is 17.1 Å². The molecule has 8 nitrogen and oxygen atoms in total. The molecule has 0 aliphatic heterocycles. The molecule has 0 aliphatic carbocycles. The summed E-state index contributed by atoms with van der Waals surface area (Å²) in [7, 11) is 0. The second-order valence-electron chi connectivity index (χ2n) is 5.73. The number of carboxylic acid groups (broad SMARTS) is 1. The lowest BCUT2D eigenvalue weighted by Crippen LogP contribution is -2.23. The van der Waals surface area contributed by atoms with Gasteiger partial charge in [-0.2, -0.15) is 10.2 Å². The molecule has 0 saturated heterocycles. The first-order chi connectivity index (χ1) is 12.4. The summed E-state index contributed by atoms with van der Waals surface area (Å²) in [6.45, 7) is 2.18. The molecular weight excluding hydrogens is 358 g/mol. The summed E-state index contributed by atoms with van der Waals surface area (Å²) in [5.74, 6) is -1.41. The van der Waals surface area contributed by atoms with Gasteiger partial charge in [-0.3, -0.25) is 14.2 Å². The van der Waals surface area contributed by atoms with Crippen molar-refractivity contribution in [2.24, 2.45) is 0 Å². The molecule has 0 bridgehead atoms. The standard InChI is InChI=1S/C17H16ClN5O3/c1-11(23-9-13(6-20-23)17(25)26)16(24)21-15-7-19-22(10-15)8-12-2-4-14(18)5-3-12/h2-7,9-11H,8H2,1H3,(H,21,24)(H,25,26). The third-order valence-electron chi connectivity index (χ3n) is 3.78. The Kier molecular flexibility index (Phi) is 5.04. The monoisotopic (exact) mass is 373 g/mol. The molecule has 2 aromatic heterocycles. The van der Waals surface area contributed by atoms with Crippen LogP contribution >= 0.6 is 11.6 Å². The number of aromatic nitrogens is 4. The zero-order valence-electron chi connectivity index (χ0n) is 13.8. The molecule has 0 spiro atoms. The summed E-state index contributed by atoms with van der Waals surface area (Å²) in [4.78, 5) is 23.2. The highest BCUT2D eigenvalue weighted by molar-refractivity contribution is 6.30. The van der Waals surface area contributed by atoms with Crippen LogP contribution in [0.5, 0.6) is 0 Å². The van der Waals surface area contributed by atoms with E-state index in [9.17, 15) is 9.59 Å². The topological polar surface area (TPSA) is 102 Å². The second kappa shape index (κ2) is 7.40. The predicted molar refractivity (Wildman–Crippen MR) is 95.3 cm³/mol. The van der Waals surface area contributed by atoms with Crippen LogP contribution in [0.4, 0.5) is 5.69 Å². The third kappa shape index (κ3) is 4.09. The number of carbonyl (C=O) groups is 2. The number of nitrogens with one attached hydrogen (secondary N) is 1. The lowest BCUT2D eigenvalue weighted by Gasteiger charge is -2.11. The van der Waals surface area contributed by atoms with E-state index in [-0.39, 0.29) is 11.5 Å². The van der Waals surface area contributed by atoms with E-state index >= 15 is 0 Å². The van der Waals surface area contributed by atoms with Gasteiger partial charge in [-0.1, -0.05) is 23.7 Å². The Hall–Kier alpha value is -3.13. The molecular formula is C17H16ClN5O3. The maximum absolute atomic E-state index is 12.3. The van der Waals surface area contributed by atoms with Crippen molar-refractivity contribution in [3.8, 4) is 0 Å². The van der Waals surface area contributed by atoms with E-state index < -0.39 is 12.0 Å². The first kappa shape index (κ1) is 17.7. The van der Waals surface area contributed by atoms with Gasteiger partial charge in [0.15, 0.2) is 0 Å². The van der Waals surface area contributed by atoms with Gasteiger partial charge in [0, 0.05) is 17.4 Å².